The maximum Gasteiger partial charge on any atom is 0.280 e. The van der Waals surface area contributed by atoms with Gasteiger partial charge in [0.15, 0.2) is 0 Å². The standard InChI is InChI=1S/C13H18BrN3O/c1-7(10-5-8-2-3-9(10)4-8)16-11-6-15-17-13(18)12(11)14/h6-10H,2-5H2,1H3,(H2,16,17,18). The van der Waals surface area contributed by atoms with Gasteiger partial charge in [-0.05, 0) is 59.9 Å². The average Bonchev–Trinajstić information content (AvgIpc) is 2.97. The second-order valence-electron chi connectivity index (χ2n) is 5.70. The van der Waals surface area contributed by atoms with Crippen LogP contribution in [0.1, 0.15) is 32.6 Å². The van der Waals surface area contributed by atoms with Crippen LogP contribution in [0.25, 0.3) is 0 Å². The van der Waals surface area contributed by atoms with E-state index in [0.717, 1.165) is 23.4 Å². The summed E-state index contributed by atoms with van der Waals surface area (Å²) in [5.74, 6) is 2.58. The fraction of sp³-hybridized carbons (Fsp3) is 0.692. The summed E-state index contributed by atoms with van der Waals surface area (Å²) < 4.78 is 0.549. The molecule has 2 saturated carbocycles. The van der Waals surface area contributed by atoms with Crippen molar-refractivity contribution in [3.05, 3.63) is 21.0 Å². The minimum atomic E-state index is -0.180. The van der Waals surface area contributed by atoms with E-state index in [9.17, 15) is 4.79 Å². The third-order valence-corrected chi connectivity index (χ3v) is 5.40. The molecule has 2 aliphatic rings. The SMILES string of the molecule is CC(Nc1cn[nH]c(=O)c1Br)C1CC2CCC1C2. The Labute approximate surface area is 115 Å². The van der Waals surface area contributed by atoms with Crippen molar-refractivity contribution in [1.82, 2.24) is 10.2 Å². The van der Waals surface area contributed by atoms with Gasteiger partial charge in [0.1, 0.15) is 4.47 Å². The number of anilines is 1. The third kappa shape index (κ3) is 2.09. The molecule has 0 aromatic carbocycles. The number of rotatable bonds is 3. The Hall–Kier alpha value is -0.840. The molecule has 2 aliphatic carbocycles. The van der Waals surface area contributed by atoms with E-state index in [1.165, 1.54) is 25.7 Å². The third-order valence-electron chi connectivity index (χ3n) is 4.61. The van der Waals surface area contributed by atoms with E-state index in [1.807, 2.05) is 0 Å². The normalized spacial score (nSPS) is 31.6. The number of nitrogens with zero attached hydrogens (tertiary/aromatic N) is 1. The zero-order chi connectivity index (χ0) is 12.7. The minimum Gasteiger partial charge on any atom is -0.380 e. The Morgan fingerprint density at radius 1 is 1.50 bits per heavy atom. The van der Waals surface area contributed by atoms with Gasteiger partial charge >= 0.3 is 0 Å². The summed E-state index contributed by atoms with van der Waals surface area (Å²) in [6.45, 7) is 2.22. The van der Waals surface area contributed by atoms with Crippen molar-refractivity contribution in [3.63, 3.8) is 0 Å². The van der Waals surface area contributed by atoms with Gasteiger partial charge in [0.25, 0.3) is 5.56 Å². The lowest BCUT2D eigenvalue weighted by molar-refractivity contribution is 0.304. The molecule has 0 amide bonds. The number of hydrogen-bond donors (Lipinski definition) is 2. The van der Waals surface area contributed by atoms with Gasteiger partial charge in [0.05, 0.1) is 11.9 Å². The molecular weight excluding hydrogens is 294 g/mol. The number of aromatic amines is 1. The molecule has 0 saturated heterocycles. The fourth-order valence-electron chi connectivity index (χ4n) is 3.74. The maximum atomic E-state index is 11.5. The van der Waals surface area contributed by atoms with Gasteiger partial charge in [-0.15, -0.1) is 0 Å². The Bertz CT molecular complexity index is 501. The highest BCUT2D eigenvalue weighted by molar-refractivity contribution is 9.10. The molecule has 4 nitrogen and oxygen atoms in total. The Balaban J connectivity index is 1.73. The lowest BCUT2D eigenvalue weighted by Crippen LogP contribution is -2.30. The van der Waals surface area contributed by atoms with Crippen LogP contribution in [0, 0.1) is 17.8 Å². The molecule has 2 bridgehead atoms. The first kappa shape index (κ1) is 12.2. The minimum absolute atomic E-state index is 0.180. The molecule has 98 valence electrons. The molecule has 1 heterocycles. The van der Waals surface area contributed by atoms with Gasteiger partial charge in [-0.25, -0.2) is 5.10 Å². The van der Waals surface area contributed by atoms with Crippen molar-refractivity contribution in [2.24, 2.45) is 17.8 Å². The number of hydrogen-bond acceptors (Lipinski definition) is 3. The summed E-state index contributed by atoms with van der Waals surface area (Å²) in [6.07, 6.45) is 7.23. The first-order chi connectivity index (χ1) is 8.65. The molecule has 0 aliphatic heterocycles. The van der Waals surface area contributed by atoms with E-state index in [0.29, 0.717) is 10.5 Å². The lowest BCUT2D eigenvalue weighted by atomic mass is 9.84. The predicted octanol–water partition coefficient (Wildman–Crippen LogP) is 2.77. The van der Waals surface area contributed by atoms with Crippen LogP contribution >= 0.6 is 15.9 Å². The highest BCUT2D eigenvalue weighted by Crippen LogP contribution is 2.49. The zero-order valence-corrected chi connectivity index (χ0v) is 12.0. The van der Waals surface area contributed by atoms with Crippen LogP contribution in [0.2, 0.25) is 0 Å². The van der Waals surface area contributed by atoms with Crippen molar-refractivity contribution in [3.8, 4) is 0 Å². The van der Waals surface area contributed by atoms with E-state index >= 15 is 0 Å². The smallest absolute Gasteiger partial charge is 0.280 e. The van der Waals surface area contributed by atoms with Gasteiger partial charge in [0, 0.05) is 6.04 Å². The van der Waals surface area contributed by atoms with Crippen LogP contribution in [0.3, 0.4) is 0 Å². The monoisotopic (exact) mass is 311 g/mol. The van der Waals surface area contributed by atoms with Crippen LogP contribution in [0.4, 0.5) is 5.69 Å². The summed E-state index contributed by atoms with van der Waals surface area (Å²) in [7, 11) is 0. The van der Waals surface area contributed by atoms with Crippen LogP contribution in [0.15, 0.2) is 15.5 Å². The molecule has 4 atom stereocenters. The van der Waals surface area contributed by atoms with Crippen molar-refractivity contribution < 1.29 is 0 Å². The zero-order valence-electron chi connectivity index (χ0n) is 10.4. The topological polar surface area (TPSA) is 57.8 Å². The van der Waals surface area contributed by atoms with Crippen molar-refractivity contribution >= 4 is 21.6 Å². The Morgan fingerprint density at radius 2 is 2.33 bits per heavy atom. The van der Waals surface area contributed by atoms with Crippen molar-refractivity contribution in [2.45, 2.75) is 38.6 Å². The molecule has 18 heavy (non-hydrogen) atoms. The predicted molar refractivity (Wildman–Crippen MR) is 74.6 cm³/mol. The highest BCUT2D eigenvalue weighted by atomic mass is 79.9. The molecule has 3 rings (SSSR count). The van der Waals surface area contributed by atoms with E-state index in [1.54, 1.807) is 6.20 Å². The number of halogens is 1. The molecule has 1 aromatic rings. The molecule has 0 spiro atoms. The van der Waals surface area contributed by atoms with Gasteiger partial charge < -0.3 is 5.32 Å². The van der Waals surface area contributed by atoms with E-state index in [4.69, 9.17) is 0 Å². The van der Waals surface area contributed by atoms with E-state index < -0.39 is 0 Å². The van der Waals surface area contributed by atoms with E-state index in [-0.39, 0.29) is 5.56 Å². The summed E-state index contributed by atoms with van der Waals surface area (Å²) in [6, 6.07) is 0.403. The Morgan fingerprint density at radius 3 is 3.00 bits per heavy atom. The largest absolute Gasteiger partial charge is 0.380 e. The summed E-state index contributed by atoms with van der Waals surface area (Å²) in [4.78, 5) is 11.5. The molecule has 2 fully saturated rings. The number of H-pyrrole nitrogens is 1. The van der Waals surface area contributed by atoms with Gasteiger partial charge in [-0.3, -0.25) is 4.79 Å². The van der Waals surface area contributed by atoms with Crippen molar-refractivity contribution in [1.29, 1.82) is 0 Å². The van der Waals surface area contributed by atoms with Gasteiger partial charge in [-0.2, -0.15) is 5.10 Å². The average molecular weight is 312 g/mol. The number of nitrogens with one attached hydrogen (secondary N) is 2. The van der Waals surface area contributed by atoms with Gasteiger partial charge in [-0.1, -0.05) is 6.42 Å². The molecule has 5 heteroatoms. The van der Waals surface area contributed by atoms with Gasteiger partial charge in [0.2, 0.25) is 0 Å². The van der Waals surface area contributed by atoms with Crippen LogP contribution < -0.4 is 10.9 Å². The number of aromatic nitrogens is 2. The van der Waals surface area contributed by atoms with Crippen molar-refractivity contribution in [2.75, 3.05) is 5.32 Å². The second-order valence-corrected chi connectivity index (χ2v) is 6.49. The first-order valence-corrected chi connectivity index (χ1v) is 7.44. The molecular formula is C13H18BrN3O. The van der Waals surface area contributed by atoms with Crippen LogP contribution in [-0.4, -0.2) is 16.2 Å². The maximum absolute atomic E-state index is 11.5. The summed E-state index contributed by atoms with van der Waals surface area (Å²) in [5.41, 5.74) is 0.620. The van der Waals surface area contributed by atoms with Crippen LogP contribution in [0.5, 0.6) is 0 Å². The molecule has 2 N–H and O–H groups in total. The second kappa shape index (κ2) is 4.68. The summed E-state index contributed by atoms with van der Waals surface area (Å²) >= 11 is 3.31. The Kier molecular flexibility index (Phi) is 3.18. The number of fused-ring (bicyclic) bond motifs is 2. The fourth-order valence-corrected chi connectivity index (χ4v) is 4.05. The molecule has 4 unspecified atom stereocenters. The quantitative estimate of drug-likeness (QED) is 0.902. The summed E-state index contributed by atoms with van der Waals surface area (Å²) in [5, 5.41) is 9.71. The lowest BCUT2D eigenvalue weighted by Gasteiger charge is -2.29. The first-order valence-electron chi connectivity index (χ1n) is 6.65. The molecule has 0 radical (unpaired) electrons. The molecule has 1 aromatic heterocycles. The van der Waals surface area contributed by atoms with Crippen LogP contribution in [-0.2, 0) is 0 Å². The highest BCUT2D eigenvalue weighted by Gasteiger charge is 2.41. The van der Waals surface area contributed by atoms with E-state index in [2.05, 4.69) is 38.4 Å².